The summed E-state index contributed by atoms with van der Waals surface area (Å²) in [7, 11) is 0. The molecule has 0 aliphatic rings. The first-order valence-corrected chi connectivity index (χ1v) is 12.3. The summed E-state index contributed by atoms with van der Waals surface area (Å²) in [6.07, 6.45) is 4.12. The van der Waals surface area contributed by atoms with E-state index in [0.717, 1.165) is 53.3 Å². The summed E-state index contributed by atoms with van der Waals surface area (Å²) in [5.41, 5.74) is 3.95. The predicted octanol–water partition coefficient (Wildman–Crippen LogP) is 6.43. The molecule has 6 heteroatoms. The summed E-state index contributed by atoms with van der Waals surface area (Å²) in [4.78, 5) is 2.21. The molecule has 0 saturated carbocycles. The average molecular weight is 474 g/mol. The largest absolute Gasteiger partial charge is 0.468 e. The average Bonchev–Trinajstić information content (AvgIpc) is 3.47. The first kappa shape index (κ1) is 24.8. The van der Waals surface area contributed by atoms with E-state index in [1.165, 1.54) is 0 Å². The van der Waals surface area contributed by atoms with E-state index in [4.69, 9.17) is 14.3 Å². The minimum absolute atomic E-state index is 0.407. The summed E-state index contributed by atoms with van der Waals surface area (Å²) < 4.78 is 14.0. The molecule has 2 heterocycles. The SMILES string of the molecule is CCCCC(O)CN(Cc1ccco1)Cc1c(C)nn(-c2ccccc2)c1Oc1cccc(C)c1. The molecule has 0 aliphatic carbocycles. The maximum absolute atomic E-state index is 10.7. The number of unbranched alkanes of at least 4 members (excludes halogenated alkanes) is 1. The number of aliphatic hydroxyl groups is 1. The Kier molecular flexibility index (Phi) is 8.40. The highest BCUT2D eigenvalue weighted by molar-refractivity contribution is 5.43. The van der Waals surface area contributed by atoms with Crippen molar-refractivity contribution in [3.63, 3.8) is 0 Å². The quantitative estimate of drug-likeness (QED) is 0.257. The molecule has 0 bridgehead atoms. The number of benzene rings is 2. The van der Waals surface area contributed by atoms with Gasteiger partial charge in [-0.05, 0) is 62.2 Å². The van der Waals surface area contributed by atoms with E-state index in [2.05, 4.69) is 24.8 Å². The first-order chi connectivity index (χ1) is 17.0. The zero-order valence-corrected chi connectivity index (χ0v) is 20.9. The van der Waals surface area contributed by atoms with Gasteiger partial charge in [0.05, 0.1) is 35.9 Å². The van der Waals surface area contributed by atoms with E-state index < -0.39 is 6.10 Å². The van der Waals surface area contributed by atoms with E-state index in [1.54, 1.807) is 6.26 Å². The molecule has 0 fully saturated rings. The number of aliphatic hydroxyl groups excluding tert-OH is 1. The minimum Gasteiger partial charge on any atom is -0.468 e. The molecule has 0 amide bonds. The van der Waals surface area contributed by atoms with Crippen molar-refractivity contribution in [2.45, 2.75) is 59.2 Å². The fraction of sp³-hybridized carbons (Fsp3) is 0.345. The van der Waals surface area contributed by atoms with Gasteiger partial charge in [0.15, 0.2) is 0 Å². The van der Waals surface area contributed by atoms with Gasteiger partial charge >= 0.3 is 0 Å². The van der Waals surface area contributed by atoms with E-state index >= 15 is 0 Å². The van der Waals surface area contributed by atoms with Gasteiger partial charge in [0.2, 0.25) is 5.88 Å². The number of nitrogens with zero attached hydrogens (tertiary/aromatic N) is 3. The second kappa shape index (κ2) is 11.9. The summed E-state index contributed by atoms with van der Waals surface area (Å²) in [6, 6.07) is 21.9. The molecule has 0 radical (unpaired) electrons. The maximum Gasteiger partial charge on any atom is 0.227 e. The van der Waals surface area contributed by atoms with Gasteiger partial charge in [-0.25, -0.2) is 4.68 Å². The number of para-hydroxylation sites is 1. The lowest BCUT2D eigenvalue weighted by atomic mass is 10.1. The number of furan rings is 1. The summed E-state index contributed by atoms with van der Waals surface area (Å²) >= 11 is 0. The molecular formula is C29H35N3O3. The number of hydrogen-bond donors (Lipinski definition) is 1. The van der Waals surface area contributed by atoms with E-state index in [9.17, 15) is 5.11 Å². The van der Waals surface area contributed by atoms with E-state index in [0.29, 0.717) is 25.5 Å². The normalized spacial score (nSPS) is 12.3. The van der Waals surface area contributed by atoms with Crippen LogP contribution in [0.1, 0.15) is 48.8 Å². The zero-order chi connectivity index (χ0) is 24.6. The monoisotopic (exact) mass is 473 g/mol. The lowest BCUT2D eigenvalue weighted by Crippen LogP contribution is -2.32. The highest BCUT2D eigenvalue weighted by Crippen LogP contribution is 2.32. The van der Waals surface area contributed by atoms with Crippen LogP contribution in [0.2, 0.25) is 0 Å². The smallest absolute Gasteiger partial charge is 0.227 e. The lowest BCUT2D eigenvalue weighted by molar-refractivity contribution is 0.0915. The third-order valence-electron chi connectivity index (χ3n) is 6.04. The van der Waals surface area contributed by atoms with Crippen molar-refractivity contribution in [2.24, 2.45) is 0 Å². The lowest BCUT2D eigenvalue weighted by Gasteiger charge is -2.24. The highest BCUT2D eigenvalue weighted by atomic mass is 16.5. The molecule has 0 spiro atoms. The third-order valence-corrected chi connectivity index (χ3v) is 6.04. The van der Waals surface area contributed by atoms with Gasteiger partial charge in [0.25, 0.3) is 0 Å². The van der Waals surface area contributed by atoms with Gasteiger partial charge in [0, 0.05) is 13.1 Å². The van der Waals surface area contributed by atoms with Gasteiger partial charge < -0.3 is 14.3 Å². The Balaban J connectivity index is 1.69. The molecule has 35 heavy (non-hydrogen) atoms. The van der Waals surface area contributed by atoms with Crippen LogP contribution >= 0.6 is 0 Å². The summed E-state index contributed by atoms with van der Waals surface area (Å²) in [5.74, 6) is 2.32. The van der Waals surface area contributed by atoms with Crippen LogP contribution in [0.3, 0.4) is 0 Å². The van der Waals surface area contributed by atoms with Gasteiger partial charge in [-0.1, -0.05) is 50.1 Å². The predicted molar refractivity (Wildman–Crippen MR) is 138 cm³/mol. The third kappa shape index (κ3) is 6.62. The fourth-order valence-electron chi connectivity index (χ4n) is 4.22. The van der Waals surface area contributed by atoms with E-state index in [-0.39, 0.29) is 0 Å². The molecule has 2 aromatic heterocycles. The molecule has 1 N–H and O–H groups in total. The first-order valence-electron chi connectivity index (χ1n) is 12.3. The van der Waals surface area contributed by atoms with Gasteiger partial charge in [-0.3, -0.25) is 4.90 Å². The Hall–Kier alpha value is -3.35. The van der Waals surface area contributed by atoms with Crippen LogP contribution < -0.4 is 4.74 Å². The van der Waals surface area contributed by atoms with Crippen molar-refractivity contribution in [2.75, 3.05) is 6.54 Å². The molecule has 184 valence electrons. The summed E-state index contributed by atoms with van der Waals surface area (Å²) in [5, 5.41) is 15.6. The number of ether oxygens (including phenoxy) is 1. The molecule has 2 aromatic carbocycles. The van der Waals surface area contributed by atoms with Crippen LogP contribution in [0.4, 0.5) is 0 Å². The number of hydrogen-bond acceptors (Lipinski definition) is 5. The molecule has 4 rings (SSSR count). The molecule has 4 aromatic rings. The van der Waals surface area contributed by atoms with Crippen molar-refractivity contribution in [3.05, 3.63) is 95.6 Å². The van der Waals surface area contributed by atoms with Crippen molar-refractivity contribution in [1.29, 1.82) is 0 Å². The highest BCUT2D eigenvalue weighted by Gasteiger charge is 2.23. The van der Waals surface area contributed by atoms with Crippen molar-refractivity contribution < 1.29 is 14.3 Å². The zero-order valence-electron chi connectivity index (χ0n) is 20.9. The number of rotatable bonds is 12. The van der Waals surface area contributed by atoms with Crippen molar-refractivity contribution in [3.8, 4) is 17.3 Å². The van der Waals surface area contributed by atoms with Crippen LogP contribution in [-0.2, 0) is 13.1 Å². The molecule has 1 atom stereocenters. The Morgan fingerprint density at radius 3 is 2.57 bits per heavy atom. The van der Waals surface area contributed by atoms with Gasteiger partial charge in [-0.2, -0.15) is 5.10 Å². The van der Waals surface area contributed by atoms with Crippen LogP contribution in [0.15, 0.2) is 77.4 Å². The van der Waals surface area contributed by atoms with Crippen molar-refractivity contribution >= 4 is 0 Å². The fourth-order valence-corrected chi connectivity index (χ4v) is 4.22. The number of aryl methyl sites for hydroxylation is 2. The van der Waals surface area contributed by atoms with Gasteiger partial charge in [0.1, 0.15) is 11.5 Å². The standard InChI is InChI=1S/C29H35N3O3/c1-4-5-14-25(33)19-31(20-27-16-10-17-34-27)21-28-23(3)30-32(24-12-7-6-8-13-24)29(28)35-26-15-9-11-22(2)18-26/h6-13,15-18,25,33H,4-5,14,19-21H2,1-3H3. The van der Waals surface area contributed by atoms with Crippen LogP contribution in [0.25, 0.3) is 5.69 Å². The number of aromatic nitrogens is 2. The molecule has 6 nitrogen and oxygen atoms in total. The summed E-state index contributed by atoms with van der Waals surface area (Å²) in [6.45, 7) is 7.91. The minimum atomic E-state index is -0.407. The van der Waals surface area contributed by atoms with Gasteiger partial charge in [-0.15, -0.1) is 0 Å². The van der Waals surface area contributed by atoms with Crippen LogP contribution in [0.5, 0.6) is 11.6 Å². The second-order valence-corrected chi connectivity index (χ2v) is 9.08. The Labute approximate surface area is 207 Å². The van der Waals surface area contributed by atoms with Crippen molar-refractivity contribution in [1.82, 2.24) is 14.7 Å². The molecular weight excluding hydrogens is 438 g/mol. The van der Waals surface area contributed by atoms with E-state index in [1.807, 2.05) is 72.3 Å². The molecule has 1 unspecified atom stereocenters. The Bertz CT molecular complexity index is 1190. The Morgan fingerprint density at radius 2 is 1.86 bits per heavy atom. The Morgan fingerprint density at radius 1 is 1.03 bits per heavy atom. The molecule has 0 saturated heterocycles. The second-order valence-electron chi connectivity index (χ2n) is 9.08. The topological polar surface area (TPSA) is 63.7 Å². The molecule has 0 aliphatic heterocycles. The van der Waals surface area contributed by atoms with Crippen LogP contribution in [0, 0.1) is 13.8 Å². The maximum atomic E-state index is 10.7. The van der Waals surface area contributed by atoms with Crippen LogP contribution in [-0.4, -0.2) is 32.4 Å².